The SMILES string of the molecule is CC[C@H](C)[C@H](N)C(=O)Nc1ccc(Br)c(C(F)(F)F)c1. The molecule has 112 valence electrons. The zero-order valence-corrected chi connectivity index (χ0v) is 12.7. The fourth-order valence-electron chi connectivity index (χ4n) is 1.56. The van der Waals surface area contributed by atoms with E-state index >= 15 is 0 Å². The first-order valence-corrected chi connectivity index (χ1v) is 6.89. The zero-order chi connectivity index (χ0) is 15.5. The van der Waals surface area contributed by atoms with Gasteiger partial charge in [-0.05, 0) is 24.1 Å². The van der Waals surface area contributed by atoms with Crippen molar-refractivity contribution in [3.05, 3.63) is 28.2 Å². The second-order valence-electron chi connectivity index (χ2n) is 4.59. The molecule has 3 nitrogen and oxygen atoms in total. The predicted octanol–water partition coefficient (Wildman–Crippen LogP) is 3.78. The van der Waals surface area contributed by atoms with Crippen molar-refractivity contribution in [2.24, 2.45) is 11.7 Å². The average Bonchev–Trinajstić information content (AvgIpc) is 2.37. The standard InChI is InChI=1S/C13H16BrF3N2O/c1-3-7(2)11(18)12(20)19-8-4-5-10(14)9(6-8)13(15,16)17/h4-7,11H,3,18H2,1-2H3,(H,19,20)/t7-,11-/m0/s1. The minimum Gasteiger partial charge on any atom is -0.325 e. The largest absolute Gasteiger partial charge is 0.417 e. The van der Waals surface area contributed by atoms with Crippen molar-refractivity contribution in [3.63, 3.8) is 0 Å². The van der Waals surface area contributed by atoms with E-state index in [1.54, 1.807) is 0 Å². The number of hydrogen-bond donors (Lipinski definition) is 2. The maximum absolute atomic E-state index is 12.7. The molecule has 1 aromatic carbocycles. The highest BCUT2D eigenvalue weighted by atomic mass is 79.9. The van der Waals surface area contributed by atoms with E-state index in [1.165, 1.54) is 12.1 Å². The number of nitrogens with one attached hydrogen (secondary N) is 1. The molecule has 2 atom stereocenters. The van der Waals surface area contributed by atoms with Gasteiger partial charge in [0, 0.05) is 10.2 Å². The van der Waals surface area contributed by atoms with Crippen molar-refractivity contribution in [2.75, 3.05) is 5.32 Å². The summed E-state index contributed by atoms with van der Waals surface area (Å²) in [5.74, 6) is -0.540. The minimum atomic E-state index is -4.49. The molecule has 0 radical (unpaired) electrons. The second-order valence-corrected chi connectivity index (χ2v) is 5.45. The Hall–Kier alpha value is -1.08. The lowest BCUT2D eigenvalue weighted by molar-refractivity contribution is -0.138. The number of hydrogen-bond acceptors (Lipinski definition) is 2. The summed E-state index contributed by atoms with van der Waals surface area (Å²) in [6.45, 7) is 3.70. The Balaban J connectivity index is 2.92. The third kappa shape index (κ3) is 4.21. The Bertz CT molecular complexity index is 491. The molecule has 0 saturated carbocycles. The monoisotopic (exact) mass is 352 g/mol. The Morgan fingerprint density at radius 2 is 2.05 bits per heavy atom. The summed E-state index contributed by atoms with van der Waals surface area (Å²) in [5.41, 5.74) is 4.96. The van der Waals surface area contributed by atoms with Crippen LogP contribution in [0.4, 0.5) is 18.9 Å². The zero-order valence-electron chi connectivity index (χ0n) is 11.1. The summed E-state index contributed by atoms with van der Waals surface area (Å²) in [6, 6.07) is 2.76. The van der Waals surface area contributed by atoms with Gasteiger partial charge < -0.3 is 11.1 Å². The molecule has 3 N–H and O–H groups in total. The molecule has 0 fully saturated rings. The van der Waals surface area contributed by atoms with E-state index in [-0.39, 0.29) is 16.1 Å². The minimum absolute atomic E-state index is 0.0486. The van der Waals surface area contributed by atoms with Crippen molar-refractivity contribution in [1.29, 1.82) is 0 Å². The Morgan fingerprint density at radius 3 is 2.55 bits per heavy atom. The van der Waals surface area contributed by atoms with Crippen LogP contribution in [0, 0.1) is 5.92 Å². The molecule has 7 heteroatoms. The van der Waals surface area contributed by atoms with Crippen LogP contribution in [0.15, 0.2) is 22.7 Å². The summed E-state index contributed by atoms with van der Waals surface area (Å²) < 4.78 is 38.1. The average molecular weight is 353 g/mol. The number of halogens is 4. The Kier molecular flexibility index (Phi) is 5.59. The van der Waals surface area contributed by atoms with Gasteiger partial charge in [-0.1, -0.05) is 36.2 Å². The van der Waals surface area contributed by atoms with Crippen LogP contribution >= 0.6 is 15.9 Å². The molecular formula is C13H16BrF3N2O. The van der Waals surface area contributed by atoms with Crippen LogP contribution in [0.2, 0.25) is 0 Å². The van der Waals surface area contributed by atoms with Crippen LogP contribution < -0.4 is 11.1 Å². The Labute approximate surface area is 123 Å². The van der Waals surface area contributed by atoms with Crippen molar-refractivity contribution < 1.29 is 18.0 Å². The molecule has 0 aliphatic rings. The van der Waals surface area contributed by atoms with Crippen molar-refractivity contribution >= 4 is 27.5 Å². The van der Waals surface area contributed by atoms with Gasteiger partial charge in [0.2, 0.25) is 5.91 Å². The molecule has 0 aromatic heterocycles. The highest BCUT2D eigenvalue weighted by Gasteiger charge is 2.33. The molecule has 0 bridgehead atoms. The van der Waals surface area contributed by atoms with Gasteiger partial charge in [-0.3, -0.25) is 4.79 Å². The summed E-state index contributed by atoms with van der Waals surface area (Å²) in [4.78, 5) is 11.8. The van der Waals surface area contributed by atoms with Crippen LogP contribution in [-0.4, -0.2) is 11.9 Å². The van der Waals surface area contributed by atoms with E-state index in [2.05, 4.69) is 21.2 Å². The summed E-state index contributed by atoms with van der Waals surface area (Å²) in [7, 11) is 0. The highest BCUT2D eigenvalue weighted by Crippen LogP contribution is 2.36. The van der Waals surface area contributed by atoms with E-state index in [9.17, 15) is 18.0 Å². The molecule has 1 rings (SSSR count). The molecule has 0 aliphatic carbocycles. The van der Waals surface area contributed by atoms with Gasteiger partial charge in [0.25, 0.3) is 0 Å². The molecule has 1 aromatic rings. The normalized spacial score (nSPS) is 14.8. The molecule has 20 heavy (non-hydrogen) atoms. The van der Waals surface area contributed by atoms with Gasteiger partial charge in [-0.25, -0.2) is 0 Å². The Morgan fingerprint density at radius 1 is 1.45 bits per heavy atom. The first-order valence-electron chi connectivity index (χ1n) is 6.10. The van der Waals surface area contributed by atoms with E-state index in [4.69, 9.17) is 5.73 Å². The van der Waals surface area contributed by atoms with Crippen LogP contribution in [0.1, 0.15) is 25.8 Å². The summed E-state index contributed by atoms with van der Waals surface area (Å²) >= 11 is 2.84. The molecular weight excluding hydrogens is 337 g/mol. The molecule has 0 heterocycles. The molecule has 0 saturated heterocycles. The lowest BCUT2D eigenvalue weighted by Gasteiger charge is -2.18. The smallest absolute Gasteiger partial charge is 0.325 e. The van der Waals surface area contributed by atoms with Crippen molar-refractivity contribution in [1.82, 2.24) is 0 Å². The lowest BCUT2D eigenvalue weighted by Crippen LogP contribution is -2.40. The van der Waals surface area contributed by atoms with Gasteiger partial charge in [-0.15, -0.1) is 0 Å². The molecule has 0 aliphatic heterocycles. The van der Waals surface area contributed by atoms with Gasteiger partial charge in [0.15, 0.2) is 0 Å². The molecule has 1 amide bonds. The fourth-order valence-corrected chi connectivity index (χ4v) is 2.03. The molecule has 0 unspecified atom stereocenters. The maximum Gasteiger partial charge on any atom is 0.417 e. The van der Waals surface area contributed by atoms with E-state index < -0.39 is 23.7 Å². The van der Waals surface area contributed by atoms with Crippen molar-refractivity contribution in [3.8, 4) is 0 Å². The topological polar surface area (TPSA) is 55.1 Å². The number of carbonyl (C=O) groups is 1. The number of benzene rings is 1. The number of amides is 1. The second kappa shape index (κ2) is 6.58. The number of alkyl halides is 3. The quantitative estimate of drug-likeness (QED) is 0.866. The van der Waals surface area contributed by atoms with Gasteiger partial charge in [0.05, 0.1) is 11.6 Å². The first kappa shape index (κ1) is 17.0. The fraction of sp³-hybridized carbons (Fsp3) is 0.462. The number of nitrogens with two attached hydrogens (primary N) is 1. The molecule has 0 spiro atoms. The van der Waals surface area contributed by atoms with Gasteiger partial charge >= 0.3 is 6.18 Å². The number of carbonyl (C=O) groups excluding carboxylic acids is 1. The third-order valence-electron chi connectivity index (χ3n) is 3.10. The lowest BCUT2D eigenvalue weighted by atomic mass is 9.99. The summed E-state index contributed by atoms with van der Waals surface area (Å²) in [6.07, 6.45) is -3.78. The van der Waals surface area contributed by atoms with E-state index in [1.807, 2.05) is 13.8 Å². The van der Waals surface area contributed by atoms with Crippen LogP contribution in [0.5, 0.6) is 0 Å². The number of rotatable bonds is 4. The van der Waals surface area contributed by atoms with Gasteiger partial charge in [0.1, 0.15) is 0 Å². The predicted molar refractivity (Wildman–Crippen MR) is 75.2 cm³/mol. The number of anilines is 1. The summed E-state index contributed by atoms with van der Waals surface area (Å²) in [5, 5.41) is 2.41. The van der Waals surface area contributed by atoms with E-state index in [0.717, 1.165) is 6.07 Å². The van der Waals surface area contributed by atoms with Crippen molar-refractivity contribution in [2.45, 2.75) is 32.5 Å². The highest BCUT2D eigenvalue weighted by molar-refractivity contribution is 9.10. The third-order valence-corrected chi connectivity index (χ3v) is 3.79. The maximum atomic E-state index is 12.7. The van der Waals surface area contributed by atoms with Crippen LogP contribution in [0.3, 0.4) is 0 Å². The van der Waals surface area contributed by atoms with E-state index in [0.29, 0.717) is 6.42 Å². The van der Waals surface area contributed by atoms with Crippen LogP contribution in [-0.2, 0) is 11.0 Å². The first-order chi connectivity index (χ1) is 9.16. The van der Waals surface area contributed by atoms with Gasteiger partial charge in [-0.2, -0.15) is 13.2 Å². The van der Waals surface area contributed by atoms with Crippen LogP contribution in [0.25, 0.3) is 0 Å².